The zero-order chi connectivity index (χ0) is 26.6. The van der Waals surface area contributed by atoms with Crippen LogP contribution in [0.5, 0.6) is 0 Å². The van der Waals surface area contributed by atoms with Crippen LogP contribution in [0, 0.1) is 5.92 Å². The third kappa shape index (κ3) is 28.6. The van der Waals surface area contributed by atoms with Gasteiger partial charge in [-0.25, -0.2) is 0 Å². The minimum absolute atomic E-state index is 0.0253. The van der Waals surface area contributed by atoms with Crippen molar-refractivity contribution in [3.8, 4) is 0 Å². The summed E-state index contributed by atoms with van der Waals surface area (Å²) < 4.78 is 9.80. The van der Waals surface area contributed by atoms with Crippen LogP contribution < -0.4 is 0 Å². The normalized spacial score (nSPS) is 10.2. The average molecular weight is 488 g/mol. The Morgan fingerprint density at radius 3 is 1.47 bits per heavy atom. The fraction of sp³-hybridized carbons (Fsp3) is 0.893. The standard InChI is InChI=1S/C18H33NO5.C8H18.C2H6/c1-5-6-7-8-9-10-11-24-18(22)14-19(13-17(21)23-4)12-16(20)15(2)3;1-3-5-7-8-6-4-2;1-2/h15H,5-14H2,1-4H3;3-8H2,1-2H3;1-2H3. The summed E-state index contributed by atoms with van der Waals surface area (Å²) in [6.07, 6.45) is 15.2. The molecule has 0 aliphatic heterocycles. The maximum atomic E-state index is 11.9. The topological polar surface area (TPSA) is 72.9 Å². The predicted molar refractivity (Wildman–Crippen MR) is 143 cm³/mol. The van der Waals surface area contributed by atoms with E-state index in [1.807, 2.05) is 13.8 Å². The van der Waals surface area contributed by atoms with E-state index in [-0.39, 0.29) is 31.3 Å². The molecule has 0 aromatic rings. The molecule has 0 radical (unpaired) electrons. The molecule has 6 nitrogen and oxygen atoms in total. The molecule has 0 atom stereocenters. The number of carbonyl (C=O) groups is 3. The first kappa shape index (κ1) is 37.1. The zero-order valence-corrected chi connectivity index (χ0v) is 23.9. The maximum Gasteiger partial charge on any atom is 0.320 e. The van der Waals surface area contributed by atoms with Crippen LogP contribution in [0.15, 0.2) is 0 Å². The second kappa shape index (κ2) is 29.6. The molecular weight excluding hydrogens is 430 g/mol. The Morgan fingerprint density at radius 2 is 1.06 bits per heavy atom. The molecule has 0 saturated carbocycles. The van der Waals surface area contributed by atoms with Crippen LogP contribution in [-0.4, -0.2) is 56.0 Å². The van der Waals surface area contributed by atoms with Crippen molar-refractivity contribution in [2.75, 3.05) is 33.4 Å². The Labute approximate surface area is 211 Å². The van der Waals surface area contributed by atoms with Crippen LogP contribution in [0.1, 0.15) is 126 Å². The number of nitrogens with zero attached hydrogens (tertiary/aromatic N) is 1. The number of methoxy groups -OCH3 is 1. The molecule has 0 aromatic heterocycles. The first-order chi connectivity index (χ1) is 16.3. The fourth-order valence-electron chi connectivity index (χ4n) is 2.97. The monoisotopic (exact) mass is 487 g/mol. The number of rotatable bonds is 19. The molecule has 0 heterocycles. The third-order valence-corrected chi connectivity index (χ3v) is 5.17. The van der Waals surface area contributed by atoms with Gasteiger partial charge >= 0.3 is 11.9 Å². The van der Waals surface area contributed by atoms with E-state index < -0.39 is 11.9 Å². The lowest BCUT2D eigenvalue weighted by atomic mass is 10.1. The molecule has 0 rings (SSSR count). The van der Waals surface area contributed by atoms with Crippen molar-refractivity contribution >= 4 is 17.7 Å². The van der Waals surface area contributed by atoms with Crippen LogP contribution in [-0.2, 0) is 23.9 Å². The van der Waals surface area contributed by atoms with Crippen LogP contribution in [0.25, 0.3) is 0 Å². The van der Waals surface area contributed by atoms with Crippen molar-refractivity contribution in [2.45, 2.75) is 126 Å². The van der Waals surface area contributed by atoms with Crippen molar-refractivity contribution in [1.82, 2.24) is 4.90 Å². The smallest absolute Gasteiger partial charge is 0.320 e. The number of carbonyl (C=O) groups excluding carboxylic acids is 3. The molecule has 0 amide bonds. The zero-order valence-electron chi connectivity index (χ0n) is 23.9. The average Bonchev–Trinajstić information content (AvgIpc) is 2.82. The maximum absolute atomic E-state index is 11.9. The molecule has 0 spiro atoms. The van der Waals surface area contributed by atoms with Crippen molar-refractivity contribution in [3.63, 3.8) is 0 Å². The second-order valence-corrected chi connectivity index (χ2v) is 8.74. The Kier molecular flexibility index (Phi) is 32.3. The number of hydrogen-bond donors (Lipinski definition) is 0. The Morgan fingerprint density at radius 1 is 0.647 bits per heavy atom. The summed E-state index contributed by atoms with van der Waals surface area (Å²) in [5, 5.41) is 0. The van der Waals surface area contributed by atoms with Gasteiger partial charge in [-0.15, -0.1) is 0 Å². The molecule has 0 fully saturated rings. The van der Waals surface area contributed by atoms with E-state index in [9.17, 15) is 14.4 Å². The van der Waals surface area contributed by atoms with E-state index in [0.717, 1.165) is 19.3 Å². The summed E-state index contributed by atoms with van der Waals surface area (Å²) in [6, 6.07) is 0. The molecule has 0 bridgehead atoms. The van der Waals surface area contributed by atoms with Gasteiger partial charge in [0.05, 0.1) is 33.4 Å². The van der Waals surface area contributed by atoms with Crippen molar-refractivity contribution in [1.29, 1.82) is 0 Å². The number of hydrogen-bond acceptors (Lipinski definition) is 6. The van der Waals surface area contributed by atoms with Gasteiger partial charge in [-0.05, 0) is 6.42 Å². The van der Waals surface area contributed by atoms with Gasteiger partial charge in [-0.3, -0.25) is 19.3 Å². The molecule has 0 aromatic carbocycles. The van der Waals surface area contributed by atoms with Crippen LogP contribution in [0.4, 0.5) is 0 Å². The Hall–Kier alpha value is -1.43. The summed E-state index contributed by atoms with van der Waals surface area (Å²) >= 11 is 0. The molecule has 0 aliphatic carbocycles. The van der Waals surface area contributed by atoms with E-state index in [2.05, 4.69) is 25.5 Å². The summed E-state index contributed by atoms with van der Waals surface area (Å²) in [7, 11) is 1.28. The van der Waals surface area contributed by atoms with Gasteiger partial charge in [0.15, 0.2) is 0 Å². The molecule has 34 heavy (non-hydrogen) atoms. The number of unbranched alkanes of at least 4 members (excludes halogenated alkanes) is 10. The van der Waals surface area contributed by atoms with Crippen molar-refractivity contribution in [2.24, 2.45) is 5.92 Å². The highest BCUT2D eigenvalue weighted by atomic mass is 16.5. The number of esters is 2. The largest absolute Gasteiger partial charge is 0.468 e. The van der Waals surface area contributed by atoms with E-state index in [4.69, 9.17) is 4.74 Å². The molecule has 0 N–H and O–H groups in total. The quantitative estimate of drug-likeness (QED) is 0.144. The lowest BCUT2D eigenvalue weighted by Crippen LogP contribution is -2.40. The Bertz CT molecular complexity index is 460. The molecular formula is C28H57NO5. The van der Waals surface area contributed by atoms with Gasteiger partial charge in [0.25, 0.3) is 0 Å². The molecule has 0 unspecified atom stereocenters. The first-order valence-electron chi connectivity index (χ1n) is 13.8. The van der Waals surface area contributed by atoms with E-state index in [1.165, 1.54) is 69.8 Å². The van der Waals surface area contributed by atoms with Crippen LogP contribution >= 0.6 is 0 Å². The van der Waals surface area contributed by atoms with Gasteiger partial charge in [0.1, 0.15) is 5.78 Å². The van der Waals surface area contributed by atoms with E-state index >= 15 is 0 Å². The van der Waals surface area contributed by atoms with Gasteiger partial charge in [0.2, 0.25) is 0 Å². The van der Waals surface area contributed by atoms with Crippen LogP contribution in [0.2, 0.25) is 0 Å². The van der Waals surface area contributed by atoms with Crippen molar-refractivity contribution < 1.29 is 23.9 Å². The highest BCUT2D eigenvalue weighted by molar-refractivity contribution is 5.84. The van der Waals surface area contributed by atoms with Gasteiger partial charge in [-0.2, -0.15) is 0 Å². The second-order valence-electron chi connectivity index (χ2n) is 8.74. The first-order valence-corrected chi connectivity index (χ1v) is 13.8. The lowest BCUT2D eigenvalue weighted by Gasteiger charge is -2.20. The summed E-state index contributed by atoms with van der Waals surface area (Å²) in [4.78, 5) is 36.6. The summed E-state index contributed by atoms with van der Waals surface area (Å²) in [6.45, 7) is 14.5. The summed E-state index contributed by atoms with van der Waals surface area (Å²) in [5.41, 5.74) is 0. The molecule has 204 valence electrons. The summed E-state index contributed by atoms with van der Waals surface area (Å²) in [5.74, 6) is -1.06. The van der Waals surface area contributed by atoms with E-state index in [1.54, 1.807) is 13.8 Å². The van der Waals surface area contributed by atoms with Crippen LogP contribution in [0.3, 0.4) is 0 Å². The SMILES string of the molecule is CC.CCCCCCCC.CCCCCCCCOC(=O)CN(CC(=O)OC)CC(=O)C(C)C. The minimum Gasteiger partial charge on any atom is -0.468 e. The molecule has 0 saturated heterocycles. The molecule has 6 heteroatoms. The van der Waals surface area contributed by atoms with E-state index in [0.29, 0.717) is 6.61 Å². The van der Waals surface area contributed by atoms with Crippen molar-refractivity contribution in [3.05, 3.63) is 0 Å². The third-order valence-electron chi connectivity index (χ3n) is 5.17. The highest BCUT2D eigenvalue weighted by Crippen LogP contribution is 2.06. The minimum atomic E-state index is -0.477. The Balaban J connectivity index is -0.000000806. The van der Waals surface area contributed by atoms with Gasteiger partial charge < -0.3 is 9.47 Å². The lowest BCUT2D eigenvalue weighted by molar-refractivity contribution is -0.147. The predicted octanol–water partition coefficient (Wildman–Crippen LogP) is 6.98. The number of ketones is 1. The molecule has 0 aliphatic rings. The fourth-order valence-corrected chi connectivity index (χ4v) is 2.97. The highest BCUT2D eigenvalue weighted by Gasteiger charge is 2.20. The number of Topliss-reactive ketones (excluding diaryl/α,β-unsaturated/α-hetero) is 1. The number of ether oxygens (including phenoxy) is 2. The van der Waals surface area contributed by atoms with Gasteiger partial charge in [0, 0.05) is 5.92 Å². The van der Waals surface area contributed by atoms with Gasteiger partial charge in [-0.1, -0.05) is 119 Å².